The van der Waals surface area contributed by atoms with Gasteiger partial charge in [0, 0.05) is 11.9 Å². The number of benzene rings is 2. The number of aliphatic imine (C=N–C) groups is 1. The zero-order valence-corrected chi connectivity index (χ0v) is 12.8. The van der Waals surface area contributed by atoms with E-state index < -0.39 is 0 Å². The summed E-state index contributed by atoms with van der Waals surface area (Å²) in [5.74, 6) is 1.20. The number of ether oxygens (including phenoxy) is 1. The van der Waals surface area contributed by atoms with Gasteiger partial charge >= 0.3 is 0 Å². The number of nitrogens with two attached hydrogens (primary N) is 1. The highest BCUT2D eigenvalue weighted by molar-refractivity contribution is 5.80. The van der Waals surface area contributed by atoms with Crippen molar-refractivity contribution in [2.45, 2.75) is 19.9 Å². The van der Waals surface area contributed by atoms with E-state index in [9.17, 15) is 0 Å². The molecule has 0 saturated heterocycles. The SMILES string of the molecule is COc1cccc(C=NC(c2ccccc2N)C(C)C)c1. The van der Waals surface area contributed by atoms with Crippen LogP contribution in [-0.2, 0) is 0 Å². The molecule has 0 aliphatic heterocycles. The van der Waals surface area contributed by atoms with Gasteiger partial charge in [-0.25, -0.2) is 0 Å². The molecule has 0 aliphatic rings. The largest absolute Gasteiger partial charge is 0.497 e. The lowest BCUT2D eigenvalue weighted by atomic mass is 9.95. The fourth-order valence-electron chi connectivity index (χ4n) is 2.28. The summed E-state index contributed by atoms with van der Waals surface area (Å²) in [7, 11) is 1.66. The average molecular weight is 282 g/mol. The molecule has 21 heavy (non-hydrogen) atoms. The van der Waals surface area contributed by atoms with E-state index in [1.54, 1.807) is 7.11 Å². The van der Waals surface area contributed by atoms with Crippen molar-refractivity contribution in [1.29, 1.82) is 0 Å². The van der Waals surface area contributed by atoms with E-state index in [2.05, 4.69) is 13.8 Å². The maximum atomic E-state index is 6.08. The second-order valence-corrected chi connectivity index (χ2v) is 5.37. The first-order valence-electron chi connectivity index (χ1n) is 7.13. The number of para-hydroxylation sites is 1. The molecule has 2 aromatic rings. The zero-order valence-electron chi connectivity index (χ0n) is 12.8. The number of nitrogens with zero attached hydrogens (tertiary/aromatic N) is 1. The molecule has 0 saturated carbocycles. The summed E-state index contributed by atoms with van der Waals surface area (Å²) in [5, 5.41) is 0. The number of hydrogen-bond acceptors (Lipinski definition) is 3. The van der Waals surface area contributed by atoms with Crippen molar-refractivity contribution in [1.82, 2.24) is 0 Å². The second kappa shape index (κ2) is 6.93. The Morgan fingerprint density at radius 2 is 1.86 bits per heavy atom. The Morgan fingerprint density at radius 1 is 1.10 bits per heavy atom. The summed E-state index contributed by atoms with van der Waals surface area (Å²) in [6.45, 7) is 4.31. The van der Waals surface area contributed by atoms with E-state index in [1.807, 2.05) is 54.7 Å². The molecule has 0 bridgehead atoms. The van der Waals surface area contributed by atoms with Crippen LogP contribution in [0.4, 0.5) is 5.69 Å². The predicted molar refractivity (Wildman–Crippen MR) is 89.0 cm³/mol. The Hall–Kier alpha value is -2.29. The third kappa shape index (κ3) is 3.85. The topological polar surface area (TPSA) is 47.6 Å². The van der Waals surface area contributed by atoms with Crippen molar-refractivity contribution >= 4 is 11.9 Å². The first-order valence-corrected chi connectivity index (χ1v) is 7.13. The van der Waals surface area contributed by atoms with Crippen LogP contribution in [0.2, 0.25) is 0 Å². The predicted octanol–water partition coefficient (Wildman–Crippen LogP) is 4.09. The van der Waals surface area contributed by atoms with E-state index in [1.165, 1.54) is 0 Å². The highest BCUT2D eigenvalue weighted by Gasteiger charge is 2.16. The quantitative estimate of drug-likeness (QED) is 0.663. The highest BCUT2D eigenvalue weighted by Crippen LogP contribution is 2.30. The fourth-order valence-corrected chi connectivity index (χ4v) is 2.28. The Kier molecular flexibility index (Phi) is 4.99. The first kappa shape index (κ1) is 15.1. The average Bonchev–Trinajstić information content (AvgIpc) is 2.49. The van der Waals surface area contributed by atoms with Gasteiger partial charge in [0.1, 0.15) is 5.75 Å². The van der Waals surface area contributed by atoms with Gasteiger partial charge in [-0.15, -0.1) is 0 Å². The molecule has 3 heteroatoms. The monoisotopic (exact) mass is 282 g/mol. The van der Waals surface area contributed by atoms with Gasteiger partial charge in [-0.3, -0.25) is 4.99 Å². The molecule has 0 spiro atoms. The van der Waals surface area contributed by atoms with Gasteiger partial charge in [0.15, 0.2) is 0 Å². The minimum Gasteiger partial charge on any atom is -0.497 e. The summed E-state index contributed by atoms with van der Waals surface area (Å²) in [4.78, 5) is 4.74. The van der Waals surface area contributed by atoms with Crippen LogP contribution in [0.1, 0.15) is 31.0 Å². The molecule has 0 heterocycles. The number of methoxy groups -OCH3 is 1. The number of rotatable bonds is 5. The summed E-state index contributed by atoms with van der Waals surface area (Å²) >= 11 is 0. The minimum absolute atomic E-state index is 0.0531. The Bertz CT molecular complexity index is 620. The van der Waals surface area contributed by atoms with Gasteiger partial charge in [0.05, 0.1) is 13.2 Å². The standard InChI is InChI=1S/C18H22N2O/c1-13(2)18(16-9-4-5-10-17(16)19)20-12-14-7-6-8-15(11-14)21-3/h4-13,18H,19H2,1-3H3. The molecule has 0 radical (unpaired) electrons. The van der Waals surface area contributed by atoms with Crippen molar-refractivity contribution in [2.24, 2.45) is 10.9 Å². The minimum atomic E-state index is 0.0531. The van der Waals surface area contributed by atoms with Crippen LogP contribution in [-0.4, -0.2) is 13.3 Å². The molecule has 2 aromatic carbocycles. The molecule has 0 aromatic heterocycles. The molecule has 0 aliphatic carbocycles. The smallest absolute Gasteiger partial charge is 0.119 e. The molecule has 3 nitrogen and oxygen atoms in total. The Morgan fingerprint density at radius 3 is 2.52 bits per heavy atom. The van der Waals surface area contributed by atoms with Gasteiger partial charge in [-0.05, 0) is 35.2 Å². The van der Waals surface area contributed by atoms with E-state index in [0.717, 1.165) is 22.6 Å². The summed E-state index contributed by atoms with van der Waals surface area (Å²) in [6, 6.07) is 15.8. The summed E-state index contributed by atoms with van der Waals surface area (Å²) in [5.41, 5.74) is 8.97. The van der Waals surface area contributed by atoms with Gasteiger partial charge < -0.3 is 10.5 Å². The summed E-state index contributed by atoms with van der Waals surface area (Å²) in [6.07, 6.45) is 1.89. The number of hydrogen-bond donors (Lipinski definition) is 1. The molecule has 2 N–H and O–H groups in total. The molecule has 1 atom stereocenters. The van der Waals surface area contributed by atoms with Crippen LogP contribution >= 0.6 is 0 Å². The van der Waals surface area contributed by atoms with Crippen molar-refractivity contribution in [3.8, 4) is 5.75 Å². The second-order valence-electron chi connectivity index (χ2n) is 5.37. The molecular formula is C18H22N2O. The van der Waals surface area contributed by atoms with E-state index in [0.29, 0.717) is 5.92 Å². The third-order valence-corrected chi connectivity index (χ3v) is 3.42. The third-order valence-electron chi connectivity index (χ3n) is 3.42. The van der Waals surface area contributed by atoms with E-state index >= 15 is 0 Å². The van der Waals surface area contributed by atoms with Crippen LogP contribution in [0.3, 0.4) is 0 Å². The van der Waals surface area contributed by atoms with Crippen LogP contribution in [0.25, 0.3) is 0 Å². The maximum absolute atomic E-state index is 6.08. The molecular weight excluding hydrogens is 260 g/mol. The van der Waals surface area contributed by atoms with Crippen LogP contribution in [0.5, 0.6) is 5.75 Å². The van der Waals surface area contributed by atoms with E-state index in [4.69, 9.17) is 15.5 Å². The lowest BCUT2D eigenvalue weighted by Crippen LogP contribution is -2.07. The zero-order chi connectivity index (χ0) is 15.2. The Balaban J connectivity index is 2.28. The van der Waals surface area contributed by atoms with Gasteiger partial charge in [0.2, 0.25) is 0 Å². The van der Waals surface area contributed by atoms with Gasteiger partial charge in [-0.2, -0.15) is 0 Å². The lowest BCUT2D eigenvalue weighted by Gasteiger charge is -2.18. The number of nitrogen functional groups attached to an aromatic ring is 1. The normalized spacial score (nSPS) is 12.8. The van der Waals surface area contributed by atoms with Crippen LogP contribution in [0, 0.1) is 5.92 Å². The molecule has 0 amide bonds. The molecule has 2 rings (SSSR count). The van der Waals surface area contributed by atoms with Crippen molar-refractivity contribution in [3.63, 3.8) is 0 Å². The first-order chi connectivity index (χ1) is 10.1. The fraction of sp³-hybridized carbons (Fsp3) is 0.278. The molecule has 110 valence electrons. The van der Waals surface area contributed by atoms with Gasteiger partial charge in [-0.1, -0.05) is 44.2 Å². The number of anilines is 1. The van der Waals surface area contributed by atoms with Crippen molar-refractivity contribution in [3.05, 3.63) is 59.7 Å². The van der Waals surface area contributed by atoms with Crippen LogP contribution in [0.15, 0.2) is 53.5 Å². The van der Waals surface area contributed by atoms with Gasteiger partial charge in [0.25, 0.3) is 0 Å². The maximum Gasteiger partial charge on any atom is 0.119 e. The van der Waals surface area contributed by atoms with E-state index in [-0.39, 0.29) is 6.04 Å². The highest BCUT2D eigenvalue weighted by atomic mass is 16.5. The van der Waals surface area contributed by atoms with Crippen molar-refractivity contribution in [2.75, 3.05) is 12.8 Å². The molecule has 0 fully saturated rings. The van der Waals surface area contributed by atoms with Crippen LogP contribution < -0.4 is 10.5 Å². The van der Waals surface area contributed by atoms with Crippen molar-refractivity contribution < 1.29 is 4.74 Å². The lowest BCUT2D eigenvalue weighted by molar-refractivity contribution is 0.414. The molecule has 1 unspecified atom stereocenters. The summed E-state index contributed by atoms with van der Waals surface area (Å²) < 4.78 is 5.23. The Labute approximate surface area is 126 Å².